The first kappa shape index (κ1) is 16.0. The molecule has 0 spiro atoms. The van der Waals surface area contributed by atoms with Gasteiger partial charge >= 0.3 is 11.9 Å². The van der Waals surface area contributed by atoms with Gasteiger partial charge in [-0.15, -0.1) is 11.8 Å². The minimum Gasteiger partial charge on any atom is -0.480 e. The maximum Gasteiger partial charge on any atom is 0.340 e. The number of nitrogens with one attached hydrogen (secondary N) is 1. The Morgan fingerprint density at radius 2 is 2.20 bits per heavy atom. The molecule has 1 aromatic rings. The summed E-state index contributed by atoms with van der Waals surface area (Å²) in [5.74, 6) is -2.09. The SMILES string of the molecule is COC(=O)c1cccnc1SC[C@H](NC(C)=O)C(=O)O. The fraction of sp³-hybridized carbons (Fsp3) is 0.333. The lowest BCUT2D eigenvalue weighted by Crippen LogP contribution is -2.41. The number of rotatable bonds is 6. The summed E-state index contributed by atoms with van der Waals surface area (Å²) in [7, 11) is 1.25. The van der Waals surface area contributed by atoms with E-state index < -0.39 is 23.9 Å². The van der Waals surface area contributed by atoms with Crippen LogP contribution in [0.2, 0.25) is 0 Å². The van der Waals surface area contributed by atoms with E-state index in [1.807, 2.05) is 0 Å². The Morgan fingerprint density at radius 3 is 2.75 bits per heavy atom. The molecule has 20 heavy (non-hydrogen) atoms. The summed E-state index contributed by atoms with van der Waals surface area (Å²) in [6, 6.07) is 2.07. The number of carbonyl (C=O) groups is 3. The van der Waals surface area contributed by atoms with Crippen LogP contribution in [-0.2, 0) is 14.3 Å². The summed E-state index contributed by atoms with van der Waals surface area (Å²) < 4.78 is 4.62. The van der Waals surface area contributed by atoms with Crippen molar-refractivity contribution in [2.24, 2.45) is 0 Å². The van der Waals surface area contributed by atoms with Gasteiger partial charge in [0, 0.05) is 18.9 Å². The van der Waals surface area contributed by atoms with Crippen LogP contribution < -0.4 is 5.32 Å². The highest BCUT2D eigenvalue weighted by Crippen LogP contribution is 2.21. The summed E-state index contributed by atoms with van der Waals surface area (Å²) in [6.07, 6.45) is 1.49. The molecule has 2 N–H and O–H groups in total. The second kappa shape index (κ2) is 7.49. The van der Waals surface area contributed by atoms with Gasteiger partial charge in [0.2, 0.25) is 5.91 Å². The first-order valence-corrected chi connectivity index (χ1v) is 6.60. The van der Waals surface area contributed by atoms with Gasteiger partial charge in [0.1, 0.15) is 11.1 Å². The molecule has 108 valence electrons. The van der Waals surface area contributed by atoms with E-state index in [1.54, 1.807) is 6.07 Å². The van der Waals surface area contributed by atoms with Gasteiger partial charge in [0.15, 0.2) is 0 Å². The summed E-state index contributed by atoms with van der Waals surface area (Å²) in [5.41, 5.74) is 0.256. The number of carboxylic acid groups (broad SMARTS) is 1. The molecule has 1 heterocycles. The third kappa shape index (κ3) is 4.54. The lowest BCUT2D eigenvalue weighted by molar-refractivity contribution is -0.140. The number of ether oxygens (including phenoxy) is 1. The minimum absolute atomic E-state index is 0.0515. The molecule has 1 atom stereocenters. The summed E-state index contributed by atoms with van der Waals surface area (Å²) in [6.45, 7) is 1.24. The van der Waals surface area contributed by atoms with Gasteiger partial charge in [-0.05, 0) is 12.1 Å². The van der Waals surface area contributed by atoms with Crippen LogP contribution in [0.15, 0.2) is 23.4 Å². The van der Waals surface area contributed by atoms with Gasteiger partial charge in [0.25, 0.3) is 0 Å². The molecule has 7 nitrogen and oxygen atoms in total. The first-order chi connectivity index (χ1) is 9.45. The highest BCUT2D eigenvalue weighted by atomic mass is 32.2. The predicted octanol–water partition coefficient (Wildman–Crippen LogP) is 0.550. The van der Waals surface area contributed by atoms with Crippen molar-refractivity contribution in [1.82, 2.24) is 10.3 Å². The number of carboxylic acids is 1. The van der Waals surface area contributed by atoms with Crippen LogP contribution in [0.4, 0.5) is 0 Å². The Balaban J connectivity index is 2.80. The number of amides is 1. The molecule has 0 aliphatic carbocycles. The van der Waals surface area contributed by atoms with Gasteiger partial charge in [-0.3, -0.25) is 4.79 Å². The van der Waals surface area contributed by atoms with Crippen LogP contribution >= 0.6 is 11.8 Å². The Hall–Kier alpha value is -2.09. The molecule has 8 heteroatoms. The van der Waals surface area contributed by atoms with Crippen LogP contribution in [0.25, 0.3) is 0 Å². The molecule has 0 saturated carbocycles. The fourth-order valence-electron chi connectivity index (χ4n) is 1.35. The number of aromatic nitrogens is 1. The summed E-state index contributed by atoms with van der Waals surface area (Å²) >= 11 is 1.06. The molecule has 1 aromatic heterocycles. The fourth-order valence-corrected chi connectivity index (χ4v) is 2.35. The average molecular weight is 298 g/mol. The maximum absolute atomic E-state index is 11.5. The van der Waals surface area contributed by atoms with Crippen molar-refractivity contribution in [2.75, 3.05) is 12.9 Å². The van der Waals surface area contributed by atoms with E-state index in [0.29, 0.717) is 5.03 Å². The van der Waals surface area contributed by atoms with Crippen LogP contribution in [0.5, 0.6) is 0 Å². The van der Waals surface area contributed by atoms with Crippen molar-refractivity contribution in [2.45, 2.75) is 18.0 Å². The number of nitrogens with zero attached hydrogens (tertiary/aromatic N) is 1. The van der Waals surface area contributed by atoms with Crippen molar-refractivity contribution in [3.05, 3.63) is 23.9 Å². The topological polar surface area (TPSA) is 106 Å². The van der Waals surface area contributed by atoms with E-state index in [0.717, 1.165) is 11.8 Å². The average Bonchev–Trinajstić information content (AvgIpc) is 2.42. The predicted molar refractivity (Wildman–Crippen MR) is 71.5 cm³/mol. The number of methoxy groups -OCH3 is 1. The van der Waals surface area contributed by atoms with Crippen LogP contribution in [0.1, 0.15) is 17.3 Å². The second-order valence-corrected chi connectivity index (χ2v) is 4.76. The molecule has 0 unspecified atom stereocenters. The molecular formula is C12H14N2O5S. The number of aliphatic carboxylic acids is 1. The number of carbonyl (C=O) groups excluding carboxylic acids is 2. The standard InChI is InChI=1S/C12H14N2O5S/c1-7(15)14-9(11(16)17)6-20-10-8(12(18)19-2)4-3-5-13-10/h3-5,9H,6H2,1-2H3,(H,14,15)(H,16,17)/t9-/m0/s1. The second-order valence-electron chi connectivity index (χ2n) is 3.75. The lowest BCUT2D eigenvalue weighted by atomic mass is 10.3. The highest BCUT2D eigenvalue weighted by Gasteiger charge is 2.21. The van der Waals surface area contributed by atoms with E-state index in [9.17, 15) is 14.4 Å². The molecule has 0 aromatic carbocycles. The lowest BCUT2D eigenvalue weighted by Gasteiger charge is -2.13. The van der Waals surface area contributed by atoms with Crippen molar-refractivity contribution in [1.29, 1.82) is 0 Å². The van der Waals surface area contributed by atoms with Crippen molar-refractivity contribution < 1.29 is 24.2 Å². The van der Waals surface area contributed by atoms with Crippen LogP contribution in [0, 0.1) is 0 Å². The van der Waals surface area contributed by atoms with E-state index in [1.165, 1.54) is 26.3 Å². The third-order valence-corrected chi connectivity index (χ3v) is 3.34. The number of pyridine rings is 1. The Morgan fingerprint density at radius 1 is 1.50 bits per heavy atom. The van der Waals surface area contributed by atoms with Crippen molar-refractivity contribution in [3.63, 3.8) is 0 Å². The zero-order valence-electron chi connectivity index (χ0n) is 11.0. The van der Waals surface area contributed by atoms with Crippen LogP contribution in [-0.4, -0.2) is 46.8 Å². The van der Waals surface area contributed by atoms with E-state index in [4.69, 9.17) is 5.11 Å². The normalized spacial score (nSPS) is 11.5. The Kier molecular flexibility index (Phi) is 5.98. The zero-order valence-corrected chi connectivity index (χ0v) is 11.8. The Labute approximate surface area is 119 Å². The summed E-state index contributed by atoms with van der Waals surface area (Å²) in [5, 5.41) is 11.7. The first-order valence-electron chi connectivity index (χ1n) is 5.61. The maximum atomic E-state index is 11.5. The molecule has 1 amide bonds. The summed E-state index contributed by atoms with van der Waals surface area (Å²) in [4.78, 5) is 37.5. The third-order valence-electron chi connectivity index (χ3n) is 2.24. The Bertz CT molecular complexity index is 520. The van der Waals surface area contributed by atoms with Gasteiger partial charge in [-0.25, -0.2) is 14.6 Å². The molecule has 0 aliphatic heterocycles. The number of hydrogen-bond donors (Lipinski definition) is 2. The van der Waals surface area contributed by atoms with Gasteiger partial charge in [-0.2, -0.15) is 0 Å². The largest absolute Gasteiger partial charge is 0.480 e. The number of esters is 1. The molecule has 0 radical (unpaired) electrons. The van der Waals surface area contributed by atoms with Gasteiger partial charge < -0.3 is 15.2 Å². The van der Waals surface area contributed by atoms with Crippen molar-refractivity contribution in [3.8, 4) is 0 Å². The van der Waals surface area contributed by atoms with Gasteiger partial charge in [0.05, 0.1) is 12.7 Å². The number of hydrogen-bond acceptors (Lipinski definition) is 6. The molecule has 0 bridgehead atoms. The highest BCUT2D eigenvalue weighted by molar-refractivity contribution is 7.99. The molecule has 0 aliphatic rings. The monoisotopic (exact) mass is 298 g/mol. The minimum atomic E-state index is -1.15. The quantitative estimate of drug-likeness (QED) is 0.583. The molecule has 0 saturated heterocycles. The zero-order chi connectivity index (χ0) is 15.1. The molecule has 0 fully saturated rings. The van der Waals surface area contributed by atoms with Crippen molar-refractivity contribution >= 4 is 29.6 Å². The van der Waals surface area contributed by atoms with E-state index in [-0.39, 0.29) is 11.3 Å². The van der Waals surface area contributed by atoms with Gasteiger partial charge in [-0.1, -0.05) is 0 Å². The van der Waals surface area contributed by atoms with E-state index in [2.05, 4.69) is 15.0 Å². The van der Waals surface area contributed by atoms with E-state index >= 15 is 0 Å². The molecular weight excluding hydrogens is 284 g/mol. The number of thioether (sulfide) groups is 1. The molecule has 1 rings (SSSR count). The van der Waals surface area contributed by atoms with Crippen LogP contribution in [0.3, 0.4) is 0 Å². The smallest absolute Gasteiger partial charge is 0.340 e.